The van der Waals surface area contributed by atoms with E-state index in [2.05, 4.69) is 5.32 Å². The number of hydrogen-bond acceptors (Lipinski definition) is 2. The first-order chi connectivity index (χ1) is 9.99. The van der Waals surface area contributed by atoms with Gasteiger partial charge in [-0.15, -0.1) is 0 Å². The van der Waals surface area contributed by atoms with E-state index in [1.807, 2.05) is 12.1 Å². The van der Waals surface area contributed by atoms with Gasteiger partial charge in [0.15, 0.2) is 17.4 Å². The van der Waals surface area contributed by atoms with E-state index in [1.54, 1.807) is 25.1 Å². The molecular weight excluding hydrogens is 272 g/mol. The highest BCUT2D eigenvalue weighted by Gasteiger charge is 2.13. The van der Waals surface area contributed by atoms with Crippen LogP contribution in [-0.2, 0) is 6.54 Å². The van der Waals surface area contributed by atoms with Crippen LogP contribution in [0.25, 0.3) is 0 Å². The minimum atomic E-state index is -0.841. The Hall–Kier alpha value is -2.07. The van der Waals surface area contributed by atoms with Gasteiger partial charge in [0.05, 0.1) is 0 Å². The minimum Gasteiger partial charge on any atom is -0.306 e. The standard InChI is InChI=1S/C17H17F2NO/c1-11(15-4-3-5-16(18)17(15)19)20-10-13-6-8-14(9-7-13)12(2)21/h3-9,11,20H,10H2,1-2H3/t11-/m1/s1. The van der Waals surface area contributed by atoms with Crippen molar-refractivity contribution in [2.75, 3.05) is 0 Å². The summed E-state index contributed by atoms with van der Waals surface area (Å²) in [6, 6.07) is 11.1. The molecule has 2 aromatic rings. The van der Waals surface area contributed by atoms with Crippen LogP contribution in [0.15, 0.2) is 42.5 Å². The van der Waals surface area contributed by atoms with Crippen LogP contribution in [0.3, 0.4) is 0 Å². The average molecular weight is 289 g/mol. The van der Waals surface area contributed by atoms with Crippen molar-refractivity contribution in [3.63, 3.8) is 0 Å². The highest BCUT2D eigenvalue weighted by molar-refractivity contribution is 5.93. The summed E-state index contributed by atoms with van der Waals surface area (Å²) < 4.78 is 26.9. The molecule has 0 heterocycles. The lowest BCUT2D eigenvalue weighted by molar-refractivity contribution is 0.101. The summed E-state index contributed by atoms with van der Waals surface area (Å²) in [5.74, 6) is -1.64. The number of benzene rings is 2. The Kier molecular flexibility index (Phi) is 4.81. The zero-order valence-corrected chi connectivity index (χ0v) is 12.0. The first kappa shape index (κ1) is 15.3. The maximum absolute atomic E-state index is 13.7. The first-order valence-corrected chi connectivity index (χ1v) is 6.76. The molecule has 0 fully saturated rings. The van der Waals surface area contributed by atoms with Gasteiger partial charge in [-0.05, 0) is 25.5 Å². The van der Waals surface area contributed by atoms with Gasteiger partial charge in [0.25, 0.3) is 0 Å². The summed E-state index contributed by atoms with van der Waals surface area (Å²) in [5, 5.41) is 3.14. The first-order valence-electron chi connectivity index (χ1n) is 6.76. The van der Waals surface area contributed by atoms with E-state index in [1.165, 1.54) is 13.0 Å². The molecule has 2 aromatic carbocycles. The third kappa shape index (κ3) is 3.73. The largest absolute Gasteiger partial charge is 0.306 e. The number of halogens is 2. The number of rotatable bonds is 5. The van der Waals surface area contributed by atoms with Crippen molar-refractivity contribution >= 4 is 5.78 Å². The third-order valence-corrected chi connectivity index (χ3v) is 3.42. The van der Waals surface area contributed by atoms with E-state index in [4.69, 9.17) is 0 Å². The van der Waals surface area contributed by atoms with Gasteiger partial charge in [0.2, 0.25) is 0 Å². The van der Waals surface area contributed by atoms with E-state index in [-0.39, 0.29) is 11.8 Å². The third-order valence-electron chi connectivity index (χ3n) is 3.42. The predicted octanol–water partition coefficient (Wildman–Crippen LogP) is 4.02. The van der Waals surface area contributed by atoms with Gasteiger partial charge in [-0.25, -0.2) is 8.78 Å². The Morgan fingerprint density at radius 1 is 1.14 bits per heavy atom. The van der Waals surface area contributed by atoms with Gasteiger partial charge in [-0.2, -0.15) is 0 Å². The number of hydrogen-bond donors (Lipinski definition) is 1. The average Bonchev–Trinajstić information content (AvgIpc) is 2.48. The van der Waals surface area contributed by atoms with Gasteiger partial charge in [-0.1, -0.05) is 36.4 Å². The lowest BCUT2D eigenvalue weighted by Gasteiger charge is -2.15. The Morgan fingerprint density at radius 3 is 2.43 bits per heavy atom. The van der Waals surface area contributed by atoms with Crippen LogP contribution in [-0.4, -0.2) is 5.78 Å². The molecule has 1 atom stereocenters. The van der Waals surface area contributed by atoms with Crippen LogP contribution in [0.2, 0.25) is 0 Å². The number of nitrogens with one attached hydrogen (secondary N) is 1. The summed E-state index contributed by atoms with van der Waals surface area (Å²) in [6.07, 6.45) is 0. The van der Waals surface area contributed by atoms with Crippen molar-refractivity contribution < 1.29 is 13.6 Å². The lowest BCUT2D eigenvalue weighted by Crippen LogP contribution is -2.19. The molecule has 0 aliphatic carbocycles. The van der Waals surface area contributed by atoms with Crippen LogP contribution < -0.4 is 5.32 Å². The van der Waals surface area contributed by atoms with Gasteiger partial charge in [0.1, 0.15) is 0 Å². The van der Waals surface area contributed by atoms with E-state index < -0.39 is 11.6 Å². The molecular formula is C17H17F2NO. The Morgan fingerprint density at radius 2 is 1.81 bits per heavy atom. The highest BCUT2D eigenvalue weighted by Crippen LogP contribution is 2.19. The minimum absolute atomic E-state index is 0.0182. The van der Waals surface area contributed by atoms with Crippen LogP contribution in [0.1, 0.15) is 41.4 Å². The number of ketones is 1. The molecule has 4 heteroatoms. The second kappa shape index (κ2) is 6.59. The van der Waals surface area contributed by atoms with Crippen molar-refractivity contribution in [1.29, 1.82) is 0 Å². The van der Waals surface area contributed by atoms with Crippen LogP contribution in [0, 0.1) is 11.6 Å². The van der Waals surface area contributed by atoms with Crippen molar-refractivity contribution in [1.82, 2.24) is 5.32 Å². The molecule has 0 spiro atoms. The predicted molar refractivity (Wildman–Crippen MR) is 78.1 cm³/mol. The van der Waals surface area contributed by atoms with Crippen LogP contribution >= 0.6 is 0 Å². The van der Waals surface area contributed by atoms with Crippen molar-refractivity contribution in [3.8, 4) is 0 Å². The highest BCUT2D eigenvalue weighted by atomic mass is 19.2. The molecule has 0 aliphatic heterocycles. The number of carbonyl (C=O) groups excluding carboxylic acids is 1. The second-order valence-corrected chi connectivity index (χ2v) is 5.00. The Balaban J connectivity index is 2.02. The maximum atomic E-state index is 13.7. The zero-order valence-electron chi connectivity index (χ0n) is 12.0. The SMILES string of the molecule is CC(=O)c1ccc(CN[C@H](C)c2cccc(F)c2F)cc1. The quantitative estimate of drug-likeness (QED) is 0.842. The summed E-state index contributed by atoms with van der Waals surface area (Å²) in [4.78, 5) is 11.2. The Labute approximate surface area is 122 Å². The second-order valence-electron chi connectivity index (χ2n) is 5.00. The molecule has 0 aliphatic rings. The summed E-state index contributed by atoms with van der Waals surface area (Å²) in [6.45, 7) is 3.80. The molecule has 0 saturated heterocycles. The smallest absolute Gasteiger partial charge is 0.163 e. The molecule has 21 heavy (non-hydrogen) atoms. The van der Waals surface area contributed by atoms with Crippen molar-refractivity contribution in [2.24, 2.45) is 0 Å². The van der Waals surface area contributed by atoms with Crippen molar-refractivity contribution in [2.45, 2.75) is 26.4 Å². The van der Waals surface area contributed by atoms with Gasteiger partial charge < -0.3 is 5.32 Å². The molecule has 0 radical (unpaired) electrons. The molecule has 0 saturated carbocycles. The molecule has 2 nitrogen and oxygen atoms in total. The molecule has 0 unspecified atom stereocenters. The molecule has 1 N–H and O–H groups in total. The number of Topliss-reactive ketones (excluding diaryl/α,β-unsaturated/α-hetero) is 1. The van der Waals surface area contributed by atoms with Crippen molar-refractivity contribution in [3.05, 3.63) is 70.8 Å². The lowest BCUT2D eigenvalue weighted by atomic mass is 10.1. The molecule has 2 rings (SSSR count). The molecule has 0 aromatic heterocycles. The van der Waals surface area contributed by atoms with E-state index in [0.717, 1.165) is 11.6 Å². The normalized spacial score (nSPS) is 12.2. The summed E-state index contributed by atoms with van der Waals surface area (Å²) in [5.41, 5.74) is 1.93. The summed E-state index contributed by atoms with van der Waals surface area (Å²) in [7, 11) is 0. The topological polar surface area (TPSA) is 29.1 Å². The Bertz CT molecular complexity index is 638. The molecule has 110 valence electrons. The maximum Gasteiger partial charge on any atom is 0.163 e. The van der Waals surface area contributed by atoms with Crippen LogP contribution in [0.5, 0.6) is 0 Å². The fourth-order valence-electron chi connectivity index (χ4n) is 2.09. The zero-order chi connectivity index (χ0) is 15.4. The fourth-order valence-corrected chi connectivity index (χ4v) is 2.09. The van der Waals surface area contributed by atoms with Gasteiger partial charge >= 0.3 is 0 Å². The molecule has 0 amide bonds. The summed E-state index contributed by atoms with van der Waals surface area (Å²) >= 11 is 0. The monoisotopic (exact) mass is 289 g/mol. The van der Waals surface area contributed by atoms with E-state index in [9.17, 15) is 13.6 Å². The van der Waals surface area contributed by atoms with Crippen LogP contribution in [0.4, 0.5) is 8.78 Å². The molecule has 0 bridgehead atoms. The van der Waals surface area contributed by atoms with Gasteiger partial charge in [0, 0.05) is 23.7 Å². The van der Waals surface area contributed by atoms with E-state index >= 15 is 0 Å². The number of carbonyl (C=O) groups is 1. The van der Waals surface area contributed by atoms with E-state index in [0.29, 0.717) is 17.7 Å². The fraction of sp³-hybridized carbons (Fsp3) is 0.235. The van der Waals surface area contributed by atoms with Gasteiger partial charge in [-0.3, -0.25) is 4.79 Å².